The molecule has 1 aromatic heterocycles. The number of nitrogens with zero attached hydrogens (tertiary/aromatic N) is 3. The van der Waals surface area contributed by atoms with Gasteiger partial charge in [0.15, 0.2) is 0 Å². The molecule has 1 saturated heterocycles. The van der Waals surface area contributed by atoms with Gasteiger partial charge in [0.05, 0.1) is 13.0 Å². The molecule has 0 spiro atoms. The molecule has 1 aliphatic rings. The van der Waals surface area contributed by atoms with E-state index >= 15 is 0 Å². The number of nitrogens with one attached hydrogen (secondary N) is 1. The van der Waals surface area contributed by atoms with Crippen LogP contribution in [0.4, 0.5) is 14.5 Å². The molecule has 2 heterocycles. The molecule has 3 aromatic rings. The first kappa shape index (κ1) is 21.5. The minimum atomic E-state index is -0.784. The molecule has 32 heavy (non-hydrogen) atoms. The van der Waals surface area contributed by atoms with Crippen LogP contribution in [0.25, 0.3) is 0 Å². The fourth-order valence-corrected chi connectivity index (χ4v) is 3.86. The zero-order valence-electron chi connectivity index (χ0n) is 17.6. The largest absolute Gasteiger partial charge is 0.497 e. The van der Waals surface area contributed by atoms with Crippen LogP contribution in [-0.4, -0.2) is 35.0 Å². The van der Waals surface area contributed by atoms with Crippen LogP contribution < -0.4 is 15.0 Å². The van der Waals surface area contributed by atoms with Crippen molar-refractivity contribution in [2.45, 2.75) is 12.5 Å². The number of hydrogen-bond acceptors (Lipinski definition) is 4. The molecule has 0 bridgehead atoms. The summed E-state index contributed by atoms with van der Waals surface area (Å²) in [4.78, 5) is 31.2. The highest BCUT2D eigenvalue weighted by Crippen LogP contribution is 2.29. The Bertz CT molecular complexity index is 1140. The van der Waals surface area contributed by atoms with Crippen LogP contribution in [0, 0.1) is 17.6 Å². The second-order valence-electron chi connectivity index (χ2n) is 7.65. The molecule has 166 valence electrons. The van der Waals surface area contributed by atoms with E-state index in [1.807, 2.05) is 19.2 Å². The maximum atomic E-state index is 13.6. The summed E-state index contributed by atoms with van der Waals surface area (Å²) in [5.41, 5.74) is 0.858. The Labute approximate surface area is 183 Å². The number of amides is 2. The predicted molar refractivity (Wildman–Crippen MR) is 113 cm³/mol. The third kappa shape index (κ3) is 4.32. The van der Waals surface area contributed by atoms with Gasteiger partial charge in [0.25, 0.3) is 0 Å². The summed E-state index contributed by atoms with van der Waals surface area (Å²) in [6.07, 6.45) is 3.34. The molecular formula is C23H22F2N4O3. The molecule has 7 nitrogen and oxygen atoms in total. The zero-order valence-corrected chi connectivity index (χ0v) is 17.6. The van der Waals surface area contributed by atoms with Crippen LogP contribution in [0.3, 0.4) is 0 Å². The van der Waals surface area contributed by atoms with Crippen molar-refractivity contribution in [3.05, 3.63) is 77.9 Å². The quantitative estimate of drug-likeness (QED) is 0.640. The number of imidazole rings is 1. The molecule has 2 unspecified atom stereocenters. The van der Waals surface area contributed by atoms with Gasteiger partial charge in [0, 0.05) is 44.2 Å². The first-order valence-electron chi connectivity index (χ1n) is 10.0. The number of hydrogen-bond donors (Lipinski definition) is 1. The molecule has 4 rings (SSSR count). The lowest BCUT2D eigenvalue weighted by molar-refractivity contribution is -0.126. The van der Waals surface area contributed by atoms with Gasteiger partial charge in [-0.15, -0.1) is 0 Å². The number of methoxy groups -OCH3 is 1. The minimum Gasteiger partial charge on any atom is -0.497 e. The summed E-state index contributed by atoms with van der Waals surface area (Å²) < 4.78 is 34.3. The Hall–Kier alpha value is -3.75. The van der Waals surface area contributed by atoms with Crippen LogP contribution in [0.5, 0.6) is 5.75 Å². The van der Waals surface area contributed by atoms with Crippen molar-refractivity contribution in [1.29, 1.82) is 0 Å². The van der Waals surface area contributed by atoms with Crippen LogP contribution in [0.2, 0.25) is 0 Å². The average Bonchev–Trinajstić information content (AvgIpc) is 3.36. The van der Waals surface area contributed by atoms with E-state index in [4.69, 9.17) is 4.74 Å². The van der Waals surface area contributed by atoms with E-state index in [-0.39, 0.29) is 30.5 Å². The molecule has 0 saturated carbocycles. The predicted octanol–water partition coefficient (Wildman–Crippen LogP) is 2.97. The zero-order chi connectivity index (χ0) is 22.8. The number of carbonyl (C=O) groups is 2. The van der Waals surface area contributed by atoms with Crippen molar-refractivity contribution in [3.63, 3.8) is 0 Å². The number of anilines is 1. The topological polar surface area (TPSA) is 76.5 Å². The van der Waals surface area contributed by atoms with Gasteiger partial charge in [-0.3, -0.25) is 9.59 Å². The Morgan fingerprint density at radius 3 is 2.62 bits per heavy atom. The van der Waals surface area contributed by atoms with E-state index in [0.29, 0.717) is 11.6 Å². The lowest BCUT2D eigenvalue weighted by Crippen LogP contribution is -2.37. The van der Waals surface area contributed by atoms with Crippen molar-refractivity contribution < 1.29 is 23.1 Å². The molecule has 2 aromatic carbocycles. The van der Waals surface area contributed by atoms with Crippen molar-refractivity contribution in [2.24, 2.45) is 13.0 Å². The van der Waals surface area contributed by atoms with E-state index in [1.165, 1.54) is 4.90 Å². The van der Waals surface area contributed by atoms with Crippen molar-refractivity contribution in [1.82, 2.24) is 14.9 Å². The van der Waals surface area contributed by atoms with E-state index in [9.17, 15) is 18.4 Å². The summed E-state index contributed by atoms with van der Waals surface area (Å²) in [5, 5.41) is 2.98. The lowest BCUT2D eigenvalue weighted by Gasteiger charge is -2.22. The average molecular weight is 440 g/mol. The van der Waals surface area contributed by atoms with Gasteiger partial charge in [0.1, 0.15) is 29.3 Å². The fourth-order valence-electron chi connectivity index (χ4n) is 3.86. The van der Waals surface area contributed by atoms with Gasteiger partial charge >= 0.3 is 0 Å². The Morgan fingerprint density at radius 2 is 1.97 bits per heavy atom. The molecule has 1 N–H and O–H groups in total. The van der Waals surface area contributed by atoms with E-state index in [0.717, 1.165) is 23.8 Å². The number of ether oxygens (including phenoxy) is 1. The van der Waals surface area contributed by atoms with Crippen molar-refractivity contribution in [3.8, 4) is 5.75 Å². The summed E-state index contributed by atoms with van der Waals surface area (Å²) in [6.45, 7) is 0.0267. The molecule has 9 heteroatoms. The smallest absolute Gasteiger partial charge is 0.227 e. The van der Waals surface area contributed by atoms with Crippen LogP contribution >= 0.6 is 0 Å². The highest BCUT2D eigenvalue weighted by atomic mass is 19.1. The maximum Gasteiger partial charge on any atom is 0.227 e. The van der Waals surface area contributed by atoms with Crippen LogP contribution in [0.1, 0.15) is 23.9 Å². The first-order chi connectivity index (χ1) is 15.4. The van der Waals surface area contributed by atoms with Crippen LogP contribution in [0.15, 0.2) is 54.9 Å². The molecule has 0 aliphatic carbocycles. The number of benzene rings is 2. The molecule has 2 amide bonds. The summed E-state index contributed by atoms with van der Waals surface area (Å²) in [6, 6.07) is 9.59. The normalized spacial score (nSPS) is 16.8. The number of aryl methyl sites for hydroxylation is 1. The second-order valence-corrected chi connectivity index (χ2v) is 7.65. The Balaban J connectivity index is 1.57. The highest BCUT2D eigenvalue weighted by Gasteiger charge is 2.37. The Kier molecular flexibility index (Phi) is 5.89. The summed E-state index contributed by atoms with van der Waals surface area (Å²) in [5.74, 6) is -1.73. The Morgan fingerprint density at radius 1 is 1.22 bits per heavy atom. The summed E-state index contributed by atoms with van der Waals surface area (Å²) >= 11 is 0. The summed E-state index contributed by atoms with van der Waals surface area (Å²) in [7, 11) is 3.38. The molecule has 0 radical (unpaired) electrons. The molecule has 1 fully saturated rings. The fraction of sp³-hybridized carbons (Fsp3) is 0.261. The van der Waals surface area contributed by atoms with Gasteiger partial charge in [-0.2, -0.15) is 0 Å². The molecule has 2 atom stereocenters. The van der Waals surface area contributed by atoms with Gasteiger partial charge < -0.3 is 19.5 Å². The standard InChI is InChI=1S/C23H22F2N4O3/c1-28-7-6-26-22(28)21(14-4-3-5-19(8-14)32-2)27-23(31)15-9-20(30)29(13-15)18-11-16(24)10-17(25)12-18/h3-8,10-12,15,21H,9,13H2,1-2H3,(H,27,31). The molecular weight excluding hydrogens is 418 g/mol. The second kappa shape index (κ2) is 8.78. The van der Waals surface area contributed by atoms with Gasteiger partial charge in [-0.05, 0) is 29.8 Å². The third-order valence-corrected chi connectivity index (χ3v) is 5.49. The number of aromatic nitrogens is 2. The number of rotatable bonds is 6. The van der Waals surface area contributed by atoms with Crippen LogP contribution in [-0.2, 0) is 16.6 Å². The van der Waals surface area contributed by atoms with Gasteiger partial charge in [0.2, 0.25) is 11.8 Å². The first-order valence-corrected chi connectivity index (χ1v) is 10.0. The number of halogens is 2. The van der Waals surface area contributed by atoms with E-state index in [2.05, 4.69) is 10.3 Å². The maximum absolute atomic E-state index is 13.6. The minimum absolute atomic E-state index is 0.0267. The SMILES string of the molecule is COc1cccc(C(NC(=O)C2CC(=O)N(c3cc(F)cc(F)c3)C2)c2nccn2C)c1. The van der Waals surface area contributed by atoms with E-state index in [1.54, 1.807) is 36.2 Å². The number of carbonyl (C=O) groups excluding carboxylic acids is 2. The third-order valence-electron chi connectivity index (χ3n) is 5.49. The van der Waals surface area contributed by atoms with Gasteiger partial charge in [-0.25, -0.2) is 13.8 Å². The monoisotopic (exact) mass is 440 g/mol. The van der Waals surface area contributed by atoms with Gasteiger partial charge in [-0.1, -0.05) is 12.1 Å². The van der Waals surface area contributed by atoms with Crippen molar-refractivity contribution in [2.75, 3.05) is 18.6 Å². The van der Waals surface area contributed by atoms with E-state index < -0.39 is 23.6 Å². The highest BCUT2D eigenvalue weighted by molar-refractivity contribution is 6.00. The molecule has 1 aliphatic heterocycles. The van der Waals surface area contributed by atoms with Crippen molar-refractivity contribution >= 4 is 17.5 Å². The lowest BCUT2D eigenvalue weighted by atomic mass is 10.0.